The zero-order valence-electron chi connectivity index (χ0n) is 8.59. The molecule has 1 rings (SSSR count). The molecule has 2 atom stereocenters. The molecule has 0 spiro atoms. The van der Waals surface area contributed by atoms with Gasteiger partial charge in [-0.2, -0.15) is 0 Å². The molecule has 0 bridgehead atoms. The summed E-state index contributed by atoms with van der Waals surface area (Å²) in [5, 5.41) is 2.97. The first-order valence-electron chi connectivity index (χ1n) is 4.41. The molecule has 0 aromatic heterocycles. The Hall–Kier alpha value is -0.450. The number of methoxy groups -OCH3 is 1. The van der Waals surface area contributed by atoms with Gasteiger partial charge in [0.25, 0.3) is 0 Å². The molecular weight excluding hydrogens is 170 g/mol. The maximum absolute atomic E-state index is 11.7. The van der Waals surface area contributed by atoms with E-state index < -0.39 is 6.23 Å². The van der Waals surface area contributed by atoms with Crippen molar-refractivity contribution in [3.63, 3.8) is 0 Å². The Morgan fingerprint density at radius 2 is 2.15 bits per heavy atom. The van der Waals surface area contributed by atoms with E-state index in [1.54, 1.807) is 7.11 Å². The van der Waals surface area contributed by atoms with Gasteiger partial charge in [-0.3, -0.25) is 10.1 Å². The topological polar surface area (TPSA) is 47.6 Å². The lowest BCUT2D eigenvalue weighted by atomic mass is 9.90. The van der Waals surface area contributed by atoms with E-state index in [0.29, 0.717) is 6.54 Å². The molecule has 0 aromatic rings. The number of hydrogen-bond donors (Lipinski definition) is 1. The Morgan fingerprint density at radius 1 is 1.54 bits per heavy atom. The van der Waals surface area contributed by atoms with E-state index in [2.05, 4.69) is 5.32 Å². The van der Waals surface area contributed by atoms with Gasteiger partial charge in [0.05, 0.1) is 0 Å². The van der Waals surface area contributed by atoms with Gasteiger partial charge in [0.1, 0.15) is 0 Å². The molecule has 1 aliphatic heterocycles. The molecule has 13 heavy (non-hydrogen) atoms. The van der Waals surface area contributed by atoms with Crippen LogP contribution in [0, 0.1) is 5.41 Å². The van der Waals surface area contributed by atoms with Crippen molar-refractivity contribution in [2.24, 2.45) is 5.41 Å². The summed E-state index contributed by atoms with van der Waals surface area (Å²) in [5.74, 6) is 0.0621. The van der Waals surface area contributed by atoms with Crippen molar-refractivity contribution in [3.8, 4) is 0 Å². The number of carbonyl (C=O) groups excluding carboxylic acids is 1. The minimum absolute atomic E-state index is 0.0621. The Bertz CT molecular complexity index is 198. The first-order chi connectivity index (χ1) is 5.95. The van der Waals surface area contributed by atoms with E-state index >= 15 is 0 Å². The first kappa shape index (κ1) is 10.6. The van der Waals surface area contributed by atoms with Crippen molar-refractivity contribution < 1.29 is 14.3 Å². The van der Waals surface area contributed by atoms with Crippen molar-refractivity contribution in [2.45, 2.75) is 33.3 Å². The monoisotopic (exact) mass is 187 g/mol. The lowest BCUT2D eigenvalue weighted by Gasteiger charge is -2.20. The fraction of sp³-hybridized carbons (Fsp3) is 0.889. The molecule has 0 radical (unpaired) electrons. The summed E-state index contributed by atoms with van der Waals surface area (Å²) in [7, 11) is 1.57. The first-order valence-corrected chi connectivity index (χ1v) is 4.41. The highest BCUT2D eigenvalue weighted by Gasteiger charge is 2.35. The average Bonchev–Trinajstić information content (AvgIpc) is 2.48. The van der Waals surface area contributed by atoms with Crippen LogP contribution in [-0.2, 0) is 14.3 Å². The van der Waals surface area contributed by atoms with Crippen LogP contribution in [0.2, 0.25) is 0 Å². The zero-order valence-corrected chi connectivity index (χ0v) is 8.59. The van der Waals surface area contributed by atoms with Crippen LogP contribution in [0.3, 0.4) is 0 Å². The number of ether oxygens (including phenoxy) is 2. The van der Waals surface area contributed by atoms with Gasteiger partial charge in [0.2, 0.25) is 0 Å². The smallest absolute Gasteiger partial charge is 0.181 e. The summed E-state index contributed by atoms with van der Waals surface area (Å²) < 4.78 is 10.3. The molecule has 76 valence electrons. The van der Waals surface area contributed by atoms with Crippen molar-refractivity contribution in [3.05, 3.63) is 0 Å². The molecule has 2 unspecified atom stereocenters. The van der Waals surface area contributed by atoms with Crippen molar-refractivity contribution in [2.75, 3.05) is 13.7 Å². The third-order valence-corrected chi connectivity index (χ3v) is 2.00. The van der Waals surface area contributed by atoms with Gasteiger partial charge in [-0.1, -0.05) is 20.8 Å². The third kappa shape index (κ3) is 2.49. The average molecular weight is 187 g/mol. The molecule has 0 saturated carbocycles. The summed E-state index contributed by atoms with van der Waals surface area (Å²) in [6.45, 7) is 6.20. The summed E-state index contributed by atoms with van der Waals surface area (Å²) in [6, 6.07) is 0. The Morgan fingerprint density at radius 3 is 2.54 bits per heavy atom. The molecule has 0 amide bonds. The maximum Gasteiger partial charge on any atom is 0.181 e. The number of ketones is 1. The SMILES string of the molecule is COC1CNC(C(=O)C(C)(C)C)O1. The number of nitrogens with one attached hydrogen (secondary N) is 1. The number of carbonyl (C=O) groups is 1. The normalized spacial score (nSPS) is 29.2. The number of hydrogen-bond acceptors (Lipinski definition) is 4. The van der Waals surface area contributed by atoms with Crippen LogP contribution >= 0.6 is 0 Å². The highest BCUT2D eigenvalue weighted by molar-refractivity contribution is 5.87. The lowest BCUT2D eigenvalue weighted by Crippen LogP contribution is -2.39. The standard InChI is InChI=1S/C9H17NO3/c1-9(2,3)7(11)8-10-5-6(12-4)13-8/h6,8,10H,5H2,1-4H3. The molecule has 4 nitrogen and oxygen atoms in total. The molecule has 1 fully saturated rings. The van der Waals surface area contributed by atoms with E-state index in [0.717, 1.165) is 0 Å². The quantitative estimate of drug-likeness (QED) is 0.684. The fourth-order valence-electron chi connectivity index (χ4n) is 1.14. The summed E-state index contributed by atoms with van der Waals surface area (Å²) in [5.41, 5.74) is -0.375. The van der Waals surface area contributed by atoms with Crippen LogP contribution in [0.25, 0.3) is 0 Å². The summed E-state index contributed by atoms with van der Waals surface area (Å²) in [4.78, 5) is 11.7. The molecule has 0 aliphatic carbocycles. The minimum Gasteiger partial charge on any atom is -0.354 e. The van der Waals surface area contributed by atoms with E-state index in [-0.39, 0.29) is 17.5 Å². The van der Waals surface area contributed by atoms with E-state index in [9.17, 15) is 4.79 Å². The molecule has 1 heterocycles. The minimum atomic E-state index is -0.509. The Labute approximate surface area is 78.6 Å². The summed E-state index contributed by atoms with van der Waals surface area (Å²) >= 11 is 0. The van der Waals surface area contributed by atoms with Gasteiger partial charge >= 0.3 is 0 Å². The van der Waals surface area contributed by atoms with Crippen LogP contribution in [0.5, 0.6) is 0 Å². The molecule has 1 aliphatic rings. The molecule has 4 heteroatoms. The van der Waals surface area contributed by atoms with Gasteiger partial charge in [0, 0.05) is 19.1 Å². The highest BCUT2D eigenvalue weighted by atomic mass is 16.7. The van der Waals surface area contributed by atoms with E-state index in [1.165, 1.54) is 0 Å². The Balaban J connectivity index is 2.52. The Kier molecular flexibility index (Phi) is 3.05. The second kappa shape index (κ2) is 3.74. The predicted octanol–water partition coefficient (Wildman–Crippen LogP) is 0.520. The largest absolute Gasteiger partial charge is 0.354 e. The number of rotatable bonds is 2. The second-order valence-electron chi connectivity index (χ2n) is 4.20. The van der Waals surface area contributed by atoms with Gasteiger partial charge in [-0.05, 0) is 0 Å². The van der Waals surface area contributed by atoms with Crippen LogP contribution in [-0.4, -0.2) is 32.0 Å². The third-order valence-electron chi connectivity index (χ3n) is 2.00. The fourth-order valence-corrected chi connectivity index (χ4v) is 1.14. The second-order valence-corrected chi connectivity index (χ2v) is 4.20. The molecular formula is C9H17NO3. The van der Waals surface area contributed by atoms with Gasteiger partial charge in [-0.15, -0.1) is 0 Å². The van der Waals surface area contributed by atoms with Gasteiger partial charge in [0.15, 0.2) is 18.3 Å². The van der Waals surface area contributed by atoms with Crippen LogP contribution in [0.1, 0.15) is 20.8 Å². The molecule has 1 saturated heterocycles. The van der Waals surface area contributed by atoms with Gasteiger partial charge in [-0.25, -0.2) is 0 Å². The predicted molar refractivity (Wildman–Crippen MR) is 48.1 cm³/mol. The van der Waals surface area contributed by atoms with E-state index in [1.807, 2.05) is 20.8 Å². The lowest BCUT2D eigenvalue weighted by molar-refractivity contribution is -0.152. The summed E-state index contributed by atoms with van der Waals surface area (Å²) in [6.07, 6.45) is -0.804. The van der Waals surface area contributed by atoms with E-state index in [4.69, 9.17) is 9.47 Å². The molecule has 1 N–H and O–H groups in total. The van der Waals surface area contributed by atoms with Crippen molar-refractivity contribution in [1.82, 2.24) is 5.32 Å². The maximum atomic E-state index is 11.7. The van der Waals surface area contributed by atoms with Crippen LogP contribution < -0.4 is 5.32 Å². The van der Waals surface area contributed by atoms with Crippen LogP contribution in [0.15, 0.2) is 0 Å². The highest BCUT2D eigenvalue weighted by Crippen LogP contribution is 2.20. The number of Topliss-reactive ketones (excluding diaryl/α,β-unsaturated/α-hetero) is 1. The molecule has 0 aromatic carbocycles. The van der Waals surface area contributed by atoms with Crippen LogP contribution in [0.4, 0.5) is 0 Å². The zero-order chi connectivity index (χ0) is 10.1. The van der Waals surface area contributed by atoms with Gasteiger partial charge < -0.3 is 9.47 Å². The van der Waals surface area contributed by atoms with Crippen molar-refractivity contribution in [1.29, 1.82) is 0 Å². The van der Waals surface area contributed by atoms with Crippen molar-refractivity contribution >= 4 is 5.78 Å².